The average molecular weight is 468 g/mol. The number of carbonyl (C=O) groups is 1. The number of nitro groups is 1. The van der Waals surface area contributed by atoms with E-state index in [0.29, 0.717) is 15.7 Å². The van der Waals surface area contributed by atoms with Crippen LogP contribution in [0.3, 0.4) is 0 Å². The van der Waals surface area contributed by atoms with Crippen LogP contribution in [0, 0.1) is 24.0 Å². The van der Waals surface area contributed by atoms with Gasteiger partial charge in [-0.1, -0.05) is 23.7 Å². The highest BCUT2D eigenvalue weighted by molar-refractivity contribution is 7.15. The number of nitrogens with zero attached hydrogens (tertiary/aromatic N) is 3. The molecule has 0 unspecified atom stereocenters. The second kappa shape index (κ2) is 7.25. The molecule has 0 N–H and O–H groups in total. The molecule has 160 valence electrons. The van der Waals surface area contributed by atoms with Crippen molar-refractivity contribution in [3.63, 3.8) is 0 Å². The van der Waals surface area contributed by atoms with Gasteiger partial charge < -0.3 is 4.42 Å². The van der Waals surface area contributed by atoms with Crippen LogP contribution >= 0.6 is 22.9 Å². The Hall–Kier alpha value is -3.56. The first-order valence-corrected chi connectivity index (χ1v) is 10.7. The lowest BCUT2D eigenvalue weighted by molar-refractivity contribution is -0.384. The van der Waals surface area contributed by atoms with Crippen LogP contribution < -0.4 is 10.3 Å². The molecule has 1 atom stereocenters. The van der Waals surface area contributed by atoms with E-state index in [4.69, 9.17) is 16.0 Å². The van der Waals surface area contributed by atoms with Crippen molar-refractivity contribution in [2.24, 2.45) is 0 Å². The molecule has 2 aromatic heterocycles. The van der Waals surface area contributed by atoms with Gasteiger partial charge >= 0.3 is 0 Å². The Bertz CT molecular complexity index is 1490. The number of halogens is 1. The van der Waals surface area contributed by atoms with Gasteiger partial charge in [-0.3, -0.25) is 24.6 Å². The molecule has 0 saturated carbocycles. The number of fused-ring (bicyclic) bond motifs is 2. The third-order valence-corrected chi connectivity index (χ3v) is 6.76. The molecule has 0 bridgehead atoms. The maximum Gasteiger partial charge on any atom is 0.297 e. The highest BCUT2D eigenvalue weighted by Gasteiger charge is 2.45. The monoisotopic (exact) mass is 467 g/mol. The van der Waals surface area contributed by atoms with Crippen LogP contribution in [-0.2, 0) is 0 Å². The van der Waals surface area contributed by atoms with Gasteiger partial charge in [0.1, 0.15) is 5.58 Å². The second-order valence-electron chi connectivity index (χ2n) is 7.38. The molecule has 4 aromatic rings. The van der Waals surface area contributed by atoms with E-state index >= 15 is 0 Å². The Balaban J connectivity index is 1.83. The van der Waals surface area contributed by atoms with Crippen LogP contribution in [0.1, 0.15) is 38.3 Å². The Kier molecular flexibility index (Phi) is 4.61. The minimum atomic E-state index is -0.929. The SMILES string of the molecule is Cc1nc(N2C(=O)c3oc4ccc(Cl)cc4c(=O)c3[C@H]2c2cccc([N+](=O)[O-])c2)sc1C. The van der Waals surface area contributed by atoms with Crippen molar-refractivity contribution < 1.29 is 14.1 Å². The molecule has 0 radical (unpaired) electrons. The molecule has 0 saturated heterocycles. The fraction of sp³-hybridized carbons (Fsp3) is 0.136. The summed E-state index contributed by atoms with van der Waals surface area (Å²) in [4.78, 5) is 44.6. The molecule has 0 spiro atoms. The standard InChI is InChI=1S/C22H14ClN3O5S/c1-10-11(2)32-22(24-10)25-18(12-4-3-5-14(8-12)26(29)30)17-19(27)15-9-13(23)6-7-16(15)31-20(17)21(25)28/h3-9,18H,1-2H3/t18-/m1/s1. The number of benzene rings is 2. The molecule has 3 heterocycles. The van der Waals surface area contributed by atoms with Gasteiger partial charge in [0, 0.05) is 22.0 Å². The summed E-state index contributed by atoms with van der Waals surface area (Å²) < 4.78 is 5.86. The van der Waals surface area contributed by atoms with E-state index in [-0.39, 0.29) is 28.0 Å². The smallest absolute Gasteiger partial charge is 0.297 e. The zero-order valence-corrected chi connectivity index (χ0v) is 18.4. The van der Waals surface area contributed by atoms with Gasteiger partial charge in [0.2, 0.25) is 5.76 Å². The van der Waals surface area contributed by atoms with Crippen LogP contribution in [0.25, 0.3) is 11.0 Å². The topological polar surface area (TPSA) is 107 Å². The number of carbonyl (C=O) groups excluding carboxylic acids is 1. The molecule has 10 heteroatoms. The van der Waals surface area contributed by atoms with Gasteiger partial charge in [0.25, 0.3) is 11.6 Å². The molecule has 0 fully saturated rings. The summed E-state index contributed by atoms with van der Waals surface area (Å²) in [5.41, 5.74) is 0.936. The molecule has 8 nitrogen and oxygen atoms in total. The summed E-state index contributed by atoms with van der Waals surface area (Å²) in [6, 6.07) is 9.53. The Labute approximate surface area is 189 Å². The quantitative estimate of drug-likeness (QED) is 0.303. The molecular weight excluding hydrogens is 454 g/mol. The van der Waals surface area contributed by atoms with Crippen molar-refractivity contribution in [2.45, 2.75) is 19.9 Å². The van der Waals surface area contributed by atoms with Gasteiger partial charge in [-0.25, -0.2) is 4.98 Å². The highest BCUT2D eigenvalue weighted by atomic mass is 35.5. The van der Waals surface area contributed by atoms with Crippen LogP contribution in [0.2, 0.25) is 5.02 Å². The first-order chi connectivity index (χ1) is 15.3. The Morgan fingerprint density at radius 3 is 2.66 bits per heavy atom. The van der Waals surface area contributed by atoms with Crippen LogP contribution in [0.15, 0.2) is 51.7 Å². The Morgan fingerprint density at radius 1 is 1.19 bits per heavy atom. The number of amides is 1. The van der Waals surface area contributed by atoms with E-state index < -0.39 is 22.3 Å². The third-order valence-electron chi connectivity index (χ3n) is 5.45. The first kappa shape index (κ1) is 20.3. The fourth-order valence-electron chi connectivity index (χ4n) is 3.83. The van der Waals surface area contributed by atoms with Crippen LogP contribution in [0.4, 0.5) is 10.8 Å². The van der Waals surface area contributed by atoms with Gasteiger partial charge in [-0.15, -0.1) is 11.3 Å². The molecule has 1 amide bonds. The summed E-state index contributed by atoms with van der Waals surface area (Å²) in [6.07, 6.45) is 0. The summed E-state index contributed by atoms with van der Waals surface area (Å²) in [5, 5.41) is 12.3. The van der Waals surface area contributed by atoms with Crippen molar-refractivity contribution in [2.75, 3.05) is 4.90 Å². The van der Waals surface area contributed by atoms with E-state index in [0.717, 1.165) is 10.6 Å². The number of anilines is 1. The minimum Gasteiger partial charge on any atom is -0.450 e. The van der Waals surface area contributed by atoms with E-state index in [1.165, 1.54) is 46.6 Å². The van der Waals surface area contributed by atoms with Crippen molar-refractivity contribution in [3.8, 4) is 0 Å². The fourth-order valence-corrected chi connectivity index (χ4v) is 4.93. The number of hydrogen-bond donors (Lipinski definition) is 0. The summed E-state index contributed by atoms with van der Waals surface area (Å²) in [5.74, 6) is -0.633. The molecule has 32 heavy (non-hydrogen) atoms. The number of nitro benzene ring substituents is 1. The molecule has 2 aromatic carbocycles. The lowest BCUT2D eigenvalue weighted by Gasteiger charge is -2.22. The number of thiazole rings is 1. The van der Waals surface area contributed by atoms with Crippen molar-refractivity contribution >= 4 is 50.6 Å². The largest absolute Gasteiger partial charge is 0.450 e. The van der Waals surface area contributed by atoms with Crippen molar-refractivity contribution in [3.05, 3.63) is 95.3 Å². The predicted molar refractivity (Wildman–Crippen MR) is 121 cm³/mol. The van der Waals surface area contributed by atoms with E-state index in [2.05, 4.69) is 4.98 Å². The normalized spacial score (nSPS) is 15.4. The first-order valence-electron chi connectivity index (χ1n) is 9.54. The predicted octanol–water partition coefficient (Wildman–Crippen LogP) is 5.18. The number of aromatic nitrogens is 1. The zero-order chi connectivity index (χ0) is 22.7. The third kappa shape index (κ3) is 3.01. The average Bonchev–Trinajstić information content (AvgIpc) is 3.25. The molecule has 0 aliphatic carbocycles. The molecule has 5 rings (SSSR count). The van der Waals surface area contributed by atoms with Gasteiger partial charge in [-0.05, 0) is 37.6 Å². The Morgan fingerprint density at radius 2 is 1.97 bits per heavy atom. The van der Waals surface area contributed by atoms with E-state index in [1.807, 2.05) is 13.8 Å². The second-order valence-corrected chi connectivity index (χ2v) is 9.00. The van der Waals surface area contributed by atoms with Gasteiger partial charge in [0.05, 0.1) is 27.6 Å². The van der Waals surface area contributed by atoms with Gasteiger partial charge in [0.15, 0.2) is 10.6 Å². The highest BCUT2D eigenvalue weighted by Crippen LogP contribution is 2.43. The lowest BCUT2D eigenvalue weighted by atomic mass is 9.98. The molecule has 1 aliphatic heterocycles. The van der Waals surface area contributed by atoms with Gasteiger partial charge in [-0.2, -0.15) is 0 Å². The number of hydrogen-bond acceptors (Lipinski definition) is 7. The minimum absolute atomic E-state index is 0.105. The van der Waals surface area contributed by atoms with Crippen molar-refractivity contribution in [1.29, 1.82) is 0 Å². The summed E-state index contributed by atoms with van der Waals surface area (Å²) >= 11 is 7.39. The molecule has 1 aliphatic rings. The summed E-state index contributed by atoms with van der Waals surface area (Å²) in [7, 11) is 0. The number of rotatable bonds is 3. The van der Waals surface area contributed by atoms with Crippen molar-refractivity contribution in [1.82, 2.24) is 4.98 Å². The lowest BCUT2D eigenvalue weighted by Crippen LogP contribution is -2.29. The number of non-ortho nitro benzene ring substituents is 1. The zero-order valence-electron chi connectivity index (χ0n) is 16.8. The van der Waals surface area contributed by atoms with E-state index in [9.17, 15) is 19.7 Å². The van der Waals surface area contributed by atoms with Crippen LogP contribution in [-0.4, -0.2) is 15.8 Å². The molecular formula is C22H14ClN3O5S. The maximum atomic E-state index is 13.5. The van der Waals surface area contributed by atoms with Crippen LogP contribution in [0.5, 0.6) is 0 Å². The summed E-state index contributed by atoms with van der Waals surface area (Å²) in [6.45, 7) is 3.71. The van der Waals surface area contributed by atoms with E-state index in [1.54, 1.807) is 12.1 Å². The maximum absolute atomic E-state index is 13.5. The number of aryl methyl sites for hydroxylation is 2.